The molecule has 1 atom stereocenters. The first-order chi connectivity index (χ1) is 6.86. The molecule has 1 aromatic rings. The first-order valence-electron chi connectivity index (χ1n) is 4.24. The summed E-state index contributed by atoms with van der Waals surface area (Å²) in [5.41, 5.74) is 0. The zero-order valence-electron chi connectivity index (χ0n) is 7.59. The van der Waals surface area contributed by atoms with Crippen LogP contribution in [0.15, 0.2) is 12.7 Å². The van der Waals surface area contributed by atoms with Gasteiger partial charge in [0.05, 0.1) is 18.1 Å². The van der Waals surface area contributed by atoms with Gasteiger partial charge in [-0.05, 0) is 6.42 Å². The van der Waals surface area contributed by atoms with Gasteiger partial charge >= 0.3 is 0 Å². The van der Waals surface area contributed by atoms with Crippen LogP contribution in [-0.4, -0.2) is 15.0 Å². The highest BCUT2D eigenvalue weighted by molar-refractivity contribution is 4.94. The van der Waals surface area contributed by atoms with Crippen LogP contribution in [0.5, 0.6) is 0 Å². The van der Waals surface area contributed by atoms with Crippen LogP contribution in [0.4, 0.5) is 0 Å². The molecule has 0 fully saturated rings. The van der Waals surface area contributed by atoms with E-state index in [2.05, 4.69) is 21.0 Å². The highest BCUT2D eigenvalue weighted by Crippen LogP contribution is 2.09. The van der Waals surface area contributed by atoms with Gasteiger partial charge in [0.1, 0.15) is 18.5 Å². The van der Waals surface area contributed by atoms with Crippen LogP contribution in [-0.2, 0) is 6.42 Å². The van der Waals surface area contributed by atoms with E-state index in [1.807, 2.05) is 6.07 Å². The highest BCUT2D eigenvalue weighted by atomic mass is 15.0. The van der Waals surface area contributed by atoms with Crippen molar-refractivity contribution in [3.05, 3.63) is 18.5 Å². The van der Waals surface area contributed by atoms with Gasteiger partial charge in [-0.25, -0.2) is 15.0 Å². The van der Waals surface area contributed by atoms with Crippen molar-refractivity contribution in [2.75, 3.05) is 0 Å². The van der Waals surface area contributed by atoms with Crippen molar-refractivity contribution >= 4 is 0 Å². The van der Waals surface area contributed by atoms with E-state index in [0.717, 1.165) is 0 Å². The number of rotatable bonds is 4. The summed E-state index contributed by atoms with van der Waals surface area (Å²) in [4.78, 5) is 11.5. The molecule has 0 aliphatic heterocycles. The zero-order chi connectivity index (χ0) is 10.2. The molecular formula is C9H9N5. The van der Waals surface area contributed by atoms with Crippen molar-refractivity contribution in [1.82, 2.24) is 15.0 Å². The van der Waals surface area contributed by atoms with Gasteiger partial charge in [-0.3, -0.25) is 0 Å². The lowest BCUT2D eigenvalue weighted by atomic mass is 10.0. The number of hydrogen-bond donors (Lipinski definition) is 0. The first kappa shape index (κ1) is 10.1. The van der Waals surface area contributed by atoms with E-state index in [1.165, 1.54) is 12.7 Å². The Kier molecular flexibility index (Phi) is 4.03. The Labute approximate surface area is 82.1 Å². The summed E-state index contributed by atoms with van der Waals surface area (Å²) in [6, 6.07) is 4.15. The molecule has 0 aliphatic rings. The predicted molar refractivity (Wildman–Crippen MR) is 47.5 cm³/mol. The van der Waals surface area contributed by atoms with Crippen LogP contribution < -0.4 is 0 Å². The predicted octanol–water partition coefficient (Wildman–Crippen LogP) is 0.858. The fourth-order valence-electron chi connectivity index (χ4n) is 1.04. The molecule has 0 saturated carbocycles. The third-order valence-corrected chi connectivity index (χ3v) is 1.76. The average molecular weight is 187 g/mol. The molecule has 0 radical (unpaired) electrons. The molecule has 1 unspecified atom stereocenters. The van der Waals surface area contributed by atoms with E-state index in [0.29, 0.717) is 25.1 Å². The van der Waals surface area contributed by atoms with Crippen molar-refractivity contribution in [3.63, 3.8) is 0 Å². The van der Waals surface area contributed by atoms with Crippen LogP contribution in [0.3, 0.4) is 0 Å². The van der Waals surface area contributed by atoms with E-state index in [4.69, 9.17) is 10.5 Å². The third kappa shape index (κ3) is 3.16. The van der Waals surface area contributed by atoms with Gasteiger partial charge < -0.3 is 0 Å². The molecule has 0 spiro atoms. The van der Waals surface area contributed by atoms with Crippen LogP contribution >= 0.6 is 0 Å². The Bertz CT molecular complexity index is 348. The van der Waals surface area contributed by atoms with Crippen LogP contribution in [0.25, 0.3) is 0 Å². The Balaban J connectivity index is 2.51. The summed E-state index contributed by atoms with van der Waals surface area (Å²) in [7, 11) is 0. The van der Waals surface area contributed by atoms with Gasteiger partial charge in [-0.15, -0.1) is 0 Å². The second kappa shape index (κ2) is 5.60. The lowest BCUT2D eigenvalue weighted by molar-refractivity contribution is 0.589. The van der Waals surface area contributed by atoms with Gasteiger partial charge in [-0.2, -0.15) is 10.5 Å². The molecule has 0 aliphatic carbocycles. The zero-order valence-corrected chi connectivity index (χ0v) is 7.59. The van der Waals surface area contributed by atoms with Crippen LogP contribution in [0.1, 0.15) is 18.7 Å². The summed E-state index contributed by atoms with van der Waals surface area (Å²) in [6.07, 6.45) is 4.25. The lowest BCUT2D eigenvalue weighted by Gasteiger charge is -2.03. The molecular weight excluding hydrogens is 178 g/mol. The maximum Gasteiger partial charge on any atom is 0.133 e. The minimum Gasteiger partial charge on any atom is -0.225 e. The molecule has 1 aromatic heterocycles. The summed E-state index contributed by atoms with van der Waals surface area (Å²) in [6.45, 7) is 0. The smallest absolute Gasteiger partial charge is 0.133 e. The normalized spacial score (nSPS) is 11.3. The second-order valence-electron chi connectivity index (χ2n) is 2.78. The monoisotopic (exact) mass is 187 g/mol. The van der Waals surface area contributed by atoms with E-state index in [9.17, 15) is 0 Å². The molecule has 0 saturated heterocycles. The number of nitrogens with zero attached hydrogens (tertiary/aromatic N) is 5. The molecule has 1 rings (SSSR count). The largest absolute Gasteiger partial charge is 0.225 e. The Morgan fingerprint density at radius 1 is 1.29 bits per heavy atom. The minimum absolute atomic E-state index is 0.183. The Hall–Kier alpha value is -2.01. The van der Waals surface area contributed by atoms with Gasteiger partial charge in [0.15, 0.2) is 0 Å². The van der Waals surface area contributed by atoms with Crippen LogP contribution in [0, 0.1) is 28.6 Å². The van der Waals surface area contributed by atoms with Crippen molar-refractivity contribution < 1.29 is 0 Å². The highest BCUT2D eigenvalue weighted by Gasteiger charge is 2.09. The standard InChI is InChI=1S/C9H9N5/c10-3-1-2-8(5-11)4-9-13-6-12-7-14-9/h6-8H,1-2,4H2. The molecule has 1 heterocycles. The Morgan fingerprint density at radius 2 is 2.00 bits per heavy atom. The van der Waals surface area contributed by atoms with E-state index < -0.39 is 0 Å². The molecule has 5 nitrogen and oxygen atoms in total. The molecule has 0 amide bonds. The summed E-state index contributed by atoms with van der Waals surface area (Å²) >= 11 is 0. The lowest BCUT2D eigenvalue weighted by Crippen LogP contribution is -2.05. The third-order valence-electron chi connectivity index (χ3n) is 1.76. The maximum atomic E-state index is 8.78. The molecule has 0 aromatic carbocycles. The number of hydrogen-bond acceptors (Lipinski definition) is 5. The molecule has 14 heavy (non-hydrogen) atoms. The second-order valence-corrected chi connectivity index (χ2v) is 2.78. The molecule has 5 heteroatoms. The molecule has 70 valence electrons. The maximum absolute atomic E-state index is 8.78. The van der Waals surface area contributed by atoms with E-state index in [-0.39, 0.29) is 5.92 Å². The summed E-state index contributed by atoms with van der Waals surface area (Å²) in [5, 5.41) is 17.2. The van der Waals surface area contributed by atoms with Crippen molar-refractivity contribution in [3.8, 4) is 12.1 Å². The number of nitriles is 2. The van der Waals surface area contributed by atoms with Gasteiger partial charge in [0.2, 0.25) is 0 Å². The fourth-order valence-corrected chi connectivity index (χ4v) is 1.04. The minimum atomic E-state index is -0.183. The van der Waals surface area contributed by atoms with E-state index in [1.54, 1.807) is 0 Å². The number of aromatic nitrogens is 3. The summed E-state index contributed by atoms with van der Waals surface area (Å²) < 4.78 is 0. The van der Waals surface area contributed by atoms with Crippen LogP contribution in [0.2, 0.25) is 0 Å². The topological polar surface area (TPSA) is 86.2 Å². The van der Waals surface area contributed by atoms with Crippen molar-refractivity contribution in [2.24, 2.45) is 5.92 Å². The Morgan fingerprint density at radius 3 is 2.57 bits per heavy atom. The fraction of sp³-hybridized carbons (Fsp3) is 0.444. The summed E-state index contributed by atoms with van der Waals surface area (Å²) in [5.74, 6) is 0.418. The first-order valence-corrected chi connectivity index (χ1v) is 4.24. The average Bonchev–Trinajstić information content (AvgIpc) is 2.25. The van der Waals surface area contributed by atoms with Crippen molar-refractivity contribution in [2.45, 2.75) is 19.3 Å². The van der Waals surface area contributed by atoms with Gasteiger partial charge in [-0.1, -0.05) is 0 Å². The SMILES string of the molecule is N#CCCC(C#N)Cc1ncncn1. The van der Waals surface area contributed by atoms with Crippen molar-refractivity contribution in [1.29, 1.82) is 10.5 Å². The molecule has 0 N–H and O–H groups in total. The van der Waals surface area contributed by atoms with Gasteiger partial charge in [0.25, 0.3) is 0 Å². The van der Waals surface area contributed by atoms with Gasteiger partial charge in [0, 0.05) is 12.8 Å². The molecule has 0 bridgehead atoms. The van der Waals surface area contributed by atoms with E-state index >= 15 is 0 Å². The quantitative estimate of drug-likeness (QED) is 0.697.